The van der Waals surface area contributed by atoms with Gasteiger partial charge in [0.25, 0.3) is 0 Å². The van der Waals surface area contributed by atoms with E-state index in [4.69, 9.17) is 5.26 Å². The summed E-state index contributed by atoms with van der Waals surface area (Å²) in [4.78, 5) is 0. The van der Waals surface area contributed by atoms with Crippen LogP contribution in [0.15, 0.2) is 18.5 Å². The zero-order chi connectivity index (χ0) is 8.44. The van der Waals surface area contributed by atoms with Crippen molar-refractivity contribution in [1.29, 1.82) is 5.26 Å². The third kappa shape index (κ3) is 1.33. The molecule has 0 atom stereocenters. The molecule has 3 heteroatoms. The maximum Gasteiger partial charge on any atom is 0.0628 e. The smallest absolute Gasteiger partial charge is 0.0628 e. The van der Waals surface area contributed by atoms with Crippen LogP contribution in [0.1, 0.15) is 19.3 Å². The number of rotatable bonds is 3. The standard InChI is InChI=1S/C9H11N3/c10-5-4-9(2-3-9)8-12-7-1-6-11-12/h1,6-7H,2-4,8H2. The summed E-state index contributed by atoms with van der Waals surface area (Å²) in [6.07, 6.45) is 6.77. The minimum absolute atomic E-state index is 0.265. The van der Waals surface area contributed by atoms with Crippen LogP contribution >= 0.6 is 0 Å². The summed E-state index contributed by atoms with van der Waals surface area (Å²) < 4.78 is 1.92. The Balaban J connectivity index is 2.00. The molecule has 1 heterocycles. The molecule has 0 unspecified atom stereocenters. The normalized spacial score (nSPS) is 18.6. The van der Waals surface area contributed by atoms with E-state index in [-0.39, 0.29) is 5.41 Å². The summed E-state index contributed by atoms with van der Waals surface area (Å²) in [5, 5.41) is 12.7. The first-order valence-corrected chi connectivity index (χ1v) is 4.19. The highest BCUT2D eigenvalue weighted by atomic mass is 15.3. The minimum Gasteiger partial charge on any atom is -0.272 e. The summed E-state index contributed by atoms with van der Waals surface area (Å²) >= 11 is 0. The number of aromatic nitrogens is 2. The summed E-state index contributed by atoms with van der Waals surface area (Å²) in [6, 6.07) is 4.16. The van der Waals surface area contributed by atoms with Gasteiger partial charge in [0.1, 0.15) is 0 Å². The second kappa shape index (κ2) is 2.63. The molecule has 0 spiro atoms. The van der Waals surface area contributed by atoms with Crippen molar-refractivity contribution in [2.75, 3.05) is 0 Å². The molecule has 0 amide bonds. The molecular formula is C9H11N3. The van der Waals surface area contributed by atoms with Gasteiger partial charge in [-0.2, -0.15) is 10.4 Å². The van der Waals surface area contributed by atoms with E-state index in [1.54, 1.807) is 6.20 Å². The summed E-state index contributed by atoms with van der Waals surface area (Å²) in [5.74, 6) is 0. The fourth-order valence-corrected chi connectivity index (χ4v) is 1.47. The zero-order valence-electron chi connectivity index (χ0n) is 6.90. The van der Waals surface area contributed by atoms with E-state index in [0.29, 0.717) is 6.42 Å². The van der Waals surface area contributed by atoms with Crippen molar-refractivity contribution < 1.29 is 0 Å². The quantitative estimate of drug-likeness (QED) is 0.675. The van der Waals surface area contributed by atoms with Crippen LogP contribution in [0.2, 0.25) is 0 Å². The van der Waals surface area contributed by atoms with Gasteiger partial charge < -0.3 is 0 Å². The molecule has 0 N–H and O–H groups in total. The Hall–Kier alpha value is -1.30. The molecule has 3 nitrogen and oxygen atoms in total. The van der Waals surface area contributed by atoms with Gasteiger partial charge in [-0.1, -0.05) is 0 Å². The van der Waals surface area contributed by atoms with Crippen molar-refractivity contribution in [2.45, 2.75) is 25.8 Å². The first-order chi connectivity index (χ1) is 5.85. The van der Waals surface area contributed by atoms with Crippen LogP contribution in [-0.2, 0) is 6.54 Å². The Morgan fingerprint density at radius 1 is 1.58 bits per heavy atom. The monoisotopic (exact) mass is 161 g/mol. The Morgan fingerprint density at radius 2 is 2.42 bits per heavy atom. The highest BCUT2D eigenvalue weighted by Crippen LogP contribution is 2.49. The first-order valence-electron chi connectivity index (χ1n) is 4.19. The van der Waals surface area contributed by atoms with Crippen LogP contribution < -0.4 is 0 Å². The van der Waals surface area contributed by atoms with E-state index < -0.39 is 0 Å². The van der Waals surface area contributed by atoms with Crippen molar-refractivity contribution in [2.24, 2.45) is 5.41 Å². The average molecular weight is 161 g/mol. The van der Waals surface area contributed by atoms with E-state index in [0.717, 1.165) is 6.54 Å². The fraction of sp³-hybridized carbons (Fsp3) is 0.556. The minimum atomic E-state index is 0.265. The SMILES string of the molecule is N#CCC1(Cn2cccn2)CC1. The van der Waals surface area contributed by atoms with Crippen LogP contribution in [0, 0.1) is 16.7 Å². The van der Waals surface area contributed by atoms with Crippen LogP contribution in [0.3, 0.4) is 0 Å². The molecule has 1 fully saturated rings. The summed E-state index contributed by atoms with van der Waals surface area (Å²) in [5.41, 5.74) is 0.265. The second-order valence-corrected chi connectivity index (χ2v) is 3.54. The number of nitriles is 1. The molecule has 2 rings (SSSR count). The van der Waals surface area contributed by atoms with Crippen LogP contribution in [-0.4, -0.2) is 9.78 Å². The van der Waals surface area contributed by atoms with E-state index >= 15 is 0 Å². The molecule has 1 aliphatic carbocycles. The number of hydrogen-bond acceptors (Lipinski definition) is 2. The van der Waals surface area contributed by atoms with Gasteiger partial charge in [-0.3, -0.25) is 4.68 Å². The summed E-state index contributed by atoms with van der Waals surface area (Å²) in [7, 11) is 0. The molecule has 0 aliphatic heterocycles. The molecule has 1 aliphatic rings. The zero-order valence-corrected chi connectivity index (χ0v) is 6.90. The van der Waals surface area contributed by atoms with Gasteiger partial charge >= 0.3 is 0 Å². The van der Waals surface area contributed by atoms with E-state index in [1.165, 1.54) is 12.8 Å². The van der Waals surface area contributed by atoms with Crippen molar-refractivity contribution in [3.63, 3.8) is 0 Å². The highest BCUT2D eigenvalue weighted by molar-refractivity contribution is 4.99. The maximum absolute atomic E-state index is 8.59. The number of nitrogens with zero attached hydrogens (tertiary/aromatic N) is 3. The van der Waals surface area contributed by atoms with Crippen molar-refractivity contribution in [3.8, 4) is 6.07 Å². The molecule has 1 aromatic rings. The van der Waals surface area contributed by atoms with Gasteiger partial charge in [0.2, 0.25) is 0 Å². The molecule has 12 heavy (non-hydrogen) atoms. The Labute approximate surface area is 71.6 Å². The lowest BCUT2D eigenvalue weighted by atomic mass is 10.0. The lowest BCUT2D eigenvalue weighted by molar-refractivity contribution is 0.404. The Bertz CT molecular complexity index is 290. The Morgan fingerprint density at radius 3 is 2.92 bits per heavy atom. The molecule has 0 radical (unpaired) electrons. The third-order valence-electron chi connectivity index (χ3n) is 2.47. The van der Waals surface area contributed by atoms with Crippen LogP contribution in [0.25, 0.3) is 0 Å². The predicted octanol–water partition coefficient (Wildman–Crippen LogP) is 1.58. The molecule has 0 saturated heterocycles. The lowest BCUT2D eigenvalue weighted by Crippen LogP contribution is -2.11. The molecule has 1 saturated carbocycles. The molecule has 62 valence electrons. The number of hydrogen-bond donors (Lipinski definition) is 0. The fourth-order valence-electron chi connectivity index (χ4n) is 1.47. The topological polar surface area (TPSA) is 41.6 Å². The Kier molecular flexibility index (Phi) is 1.61. The first kappa shape index (κ1) is 7.35. The van der Waals surface area contributed by atoms with Gasteiger partial charge in [-0.05, 0) is 18.9 Å². The summed E-state index contributed by atoms with van der Waals surface area (Å²) in [6.45, 7) is 0.910. The van der Waals surface area contributed by atoms with E-state index in [1.807, 2.05) is 16.9 Å². The van der Waals surface area contributed by atoms with E-state index in [9.17, 15) is 0 Å². The molecular weight excluding hydrogens is 150 g/mol. The lowest BCUT2D eigenvalue weighted by Gasteiger charge is -2.09. The highest BCUT2D eigenvalue weighted by Gasteiger charge is 2.42. The van der Waals surface area contributed by atoms with Gasteiger partial charge in [0, 0.05) is 30.8 Å². The van der Waals surface area contributed by atoms with Crippen molar-refractivity contribution in [3.05, 3.63) is 18.5 Å². The third-order valence-corrected chi connectivity index (χ3v) is 2.47. The van der Waals surface area contributed by atoms with Crippen molar-refractivity contribution >= 4 is 0 Å². The van der Waals surface area contributed by atoms with Crippen LogP contribution in [0.4, 0.5) is 0 Å². The van der Waals surface area contributed by atoms with Crippen molar-refractivity contribution in [1.82, 2.24) is 9.78 Å². The largest absolute Gasteiger partial charge is 0.272 e. The van der Waals surface area contributed by atoms with Gasteiger partial charge in [0.05, 0.1) is 6.07 Å². The van der Waals surface area contributed by atoms with Gasteiger partial charge in [-0.25, -0.2) is 0 Å². The van der Waals surface area contributed by atoms with Crippen LogP contribution in [0.5, 0.6) is 0 Å². The second-order valence-electron chi connectivity index (χ2n) is 3.54. The van der Waals surface area contributed by atoms with E-state index in [2.05, 4.69) is 11.2 Å². The van der Waals surface area contributed by atoms with Gasteiger partial charge in [0.15, 0.2) is 0 Å². The van der Waals surface area contributed by atoms with Gasteiger partial charge in [-0.15, -0.1) is 0 Å². The average Bonchev–Trinajstić information content (AvgIpc) is 2.63. The molecule has 0 aromatic carbocycles. The maximum atomic E-state index is 8.59. The molecule has 0 bridgehead atoms. The molecule has 1 aromatic heterocycles. The predicted molar refractivity (Wildman–Crippen MR) is 44.1 cm³/mol.